The summed E-state index contributed by atoms with van der Waals surface area (Å²) in [7, 11) is 3.15. The van der Waals surface area contributed by atoms with E-state index in [2.05, 4.69) is 34.9 Å². The van der Waals surface area contributed by atoms with Gasteiger partial charge in [0.15, 0.2) is 6.61 Å². The monoisotopic (exact) mass is 628 g/mol. The van der Waals surface area contributed by atoms with E-state index in [1.54, 1.807) is 32.4 Å². The molecule has 2 amide bonds. The highest BCUT2D eigenvalue weighted by molar-refractivity contribution is 5.79. The molecule has 238 valence electrons. The van der Waals surface area contributed by atoms with Gasteiger partial charge in [0, 0.05) is 24.1 Å². The molecule has 0 heterocycles. The number of hydrogen-bond acceptors (Lipinski definition) is 6. The third-order valence-corrected chi connectivity index (χ3v) is 8.25. The van der Waals surface area contributed by atoms with Crippen LogP contribution in [0, 0.1) is 0 Å². The van der Waals surface area contributed by atoms with Gasteiger partial charge >= 0.3 is 6.09 Å². The van der Waals surface area contributed by atoms with Gasteiger partial charge in [-0.1, -0.05) is 91.0 Å². The lowest BCUT2D eigenvalue weighted by atomic mass is 9.97. The summed E-state index contributed by atoms with van der Waals surface area (Å²) in [5.74, 6) is 1.30. The van der Waals surface area contributed by atoms with Crippen LogP contribution >= 0.6 is 0 Å². The predicted octanol–water partition coefficient (Wildman–Crippen LogP) is 7.03. The number of fused-ring (bicyclic) bond motifs is 3. The standard InChI is InChI=1S/C39H36N2O6/c1-44-28-19-20-34(36(22-28)45-2)38(27-13-10-14-29(21-27)46-25-37(42)40-23-26-11-4-3-5-12-26)41-39(43)47-24-35-32-17-8-6-15-30(32)31-16-7-9-18-33(31)35/h3-22,35,38H,23-25H2,1-2H3,(H,40,42)(H,41,43). The van der Waals surface area contributed by atoms with Crippen LogP contribution < -0.4 is 24.8 Å². The smallest absolute Gasteiger partial charge is 0.407 e. The number of nitrogens with one attached hydrogen (secondary N) is 2. The SMILES string of the molecule is COc1ccc(C(NC(=O)OCC2c3ccccc3-c3ccccc32)c2cccc(OCC(=O)NCc3ccccc3)c2)c(OC)c1. The van der Waals surface area contributed by atoms with Crippen molar-refractivity contribution in [3.8, 4) is 28.4 Å². The summed E-state index contributed by atoms with van der Waals surface area (Å²) in [5.41, 5.74) is 6.98. The number of methoxy groups -OCH3 is 2. The van der Waals surface area contributed by atoms with E-state index in [9.17, 15) is 9.59 Å². The van der Waals surface area contributed by atoms with Crippen molar-refractivity contribution in [2.75, 3.05) is 27.4 Å². The normalized spacial score (nSPS) is 12.3. The van der Waals surface area contributed by atoms with E-state index in [1.807, 2.05) is 78.9 Å². The summed E-state index contributed by atoms with van der Waals surface area (Å²) in [6, 6.07) is 38.1. The molecule has 2 N–H and O–H groups in total. The van der Waals surface area contributed by atoms with Crippen LogP contribution in [0.3, 0.4) is 0 Å². The summed E-state index contributed by atoms with van der Waals surface area (Å²) < 4.78 is 22.9. The molecular weight excluding hydrogens is 592 g/mol. The summed E-state index contributed by atoms with van der Waals surface area (Å²) in [6.07, 6.45) is -0.582. The number of carbonyl (C=O) groups is 2. The molecule has 5 aromatic carbocycles. The maximum absolute atomic E-state index is 13.5. The molecule has 0 saturated carbocycles. The van der Waals surface area contributed by atoms with E-state index in [1.165, 1.54) is 0 Å². The molecule has 8 heteroatoms. The van der Waals surface area contributed by atoms with Crippen LogP contribution in [0.2, 0.25) is 0 Å². The van der Waals surface area contributed by atoms with Crippen LogP contribution in [0.4, 0.5) is 4.79 Å². The van der Waals surface area contributed by atoms with Gasteiger partial charge in [0.2, 0.25) is 0 Å². The highest BCUT2D eigenvalue weighted by Crippen LogP contribution is 2.44. The molecule has 1 aliphatic carbocycles. The molecule has 0 aliphatic heterocycles. The van der Waals surface area contributed by atoms with Crippen molar-refractivity contribution < 1.29 is 28.5 Å². The Hall–Kier alpha value is -5.76. The molecule has 1 aliphatic rings. The van der Waals surface area contributed by atoms with Gasteiger partial charge in [-0.25, -0.2) is 4.79 Å². The first kappa shape index (κ1) is 31.2. The second-order valence-corrected chi connectivity index (χ2v) is 11.1. The van der Waals surface area contributed by atoms with Crippen molar-refractivity contribution >= 4 is 12.0 Å². The van der Waals surface area contributed by atoms with Crippen molar-refractivity contribution in [2.24, 2.45) is 0 Å². The molecule has 0 aromatic heterocycles. The average Bonchev–Trinajstić information content (AvgIpc) is 3.45. The van der Waals surface area contributed by atoms with E-state index in [0.29, 0.717) is 34.9 Å². The van der Waals surface area contributed by atoms with Crippen LogP contribution in [-0.4, -0.2) is 39.4 Å². The molecule has 0 radical (unpaired) electrons. The first-order chi connectivity index (χ1) is 23.0. The van der Waals surface area contributed by atoms with Crippen LogP contribution in [0.25, 0.3) is 11.1 Å². The lowest BCUT2D eigenvalue weighted by molar-refractivity contribution is -0.123. The Morgan fingerprint density at radius 1 is 0.723 bits per heavy atom. The molecule has 0 bridgehead atoms. The Balaban J connectivity index is 1.19. The highest BCUT2D eigenvalue weighted by Gasteiger charge is 2.30. The van der Waals surface area contributed by atoms with Crippen molar-refractivity contribution in [1.29, 1.82) is 0 Å². The molecule has 47 heavy (non-hydrogen) atoms. The third-order valence-electron chi connectivity index (χ3n) is 8.25. The molecular formula is C39H36N2O6. The summed E-state index contributed by atoms with van der Waals surface area (Å²) in [5, 5.41) is 5.92. The Bertz CT molecular complexity index is 1810. The number of alkyl carbamates (subject to hydrolysis) is 1. The fraction of sp³-hybridized carbons (Fsp3) is 0.179. The molecule has 5 aromatic rings. The van der Waals surface area contributed by atoms with E-state index in [-0.39, 0.29) is 25.0 Å². The van der Waals surface area contributed by atoms with Gasteiger partial charge in [-0.3, -0.25) is 4.79 Å². The maximum Gasteiger partial charge on any atom is 0.407 e. The number of carbonyl (C=O) groups excluding carboxylic acids is 2. The first-order valence-corrected chi connectivity index (χ1v) is 15.4. The Kier molecular flexibility index (Phi) is 9.67. The van der Waals surface area contributed by atoms with Gasteiger partial charge in [0.05, 0.1) is 20.3 Å². The second-order valence-electron chi connectivity index (χ2n) is 11.1. The van der Waals surface area contributed by atoms with E-state index in [4.69, 9.17) is 18.9 Å². The summed E-state index contributed by atoms with van der Waals surface area (Å²) >= 11 is 0. The van der Waals surface area contributed by atoms with Crippen molar-refractivity contribution in [3.05, 3.63) is 149 Å². The minimum atomic E-state index is -0.665. The zero-order valence-corrected chi connectivity index (χ0v) is 26.3. The van der Waals surface area contributed by atoms with Gasteiger partial charge in [-0.2, -0.15) is 0 Å². The lowest BCUT2D eigenvalue weighted by Gasteiger charge is -2.23. The average molecular weight is 629 g/mol. The van der Waals surface area contributed by atoms with Crippen LogP contribution in [0.5, 0.6) is 17.2 Å². The van der Waals surface area contributed by atoms with Gasteiger partial charge in [-0.15, -0.1) is 0 Å². The predicted molar refractivity (Wildman–Crippen MR) is 180 cm³/mol. The van der Waals surface area contributed by atoms with Crippen molar-refractivity contribution in [3.63, 3.8) is 0 Å². The molecule has 0 spiro atoms. The van der Waals surface area contributed by atoms with Gasteiger partial charge < -0.3 is 29.6 Å². The fourth-order valence-electron chi connectivity index (χ4n) is 5.94. The zero-order chi connectivity index (χ0) is 32.6. The minimum absolute atomic E-state index is 0.0770. The molecule has 1 atom stereocenters. The minimum Gasteiger partial charge on any atom is -0.497 e. The quantitative estimate of drug-likeness (QED) is 0.154. The van der Waals surface area contributed by atoms with Gasteiger partial charge in [-0.05, 0) is 57.6 Å². The molecule has 1 unspecified atom stereocenters. The number of benzene rings is 5. The maximum atomic E-state index is 13.5. The molecule has 0 saturated heterocycles. The van der Waals surface area contributed by atoms with Crippen LogP contribution in [0.1, 0.15) is 39.8 Å². The number of rotatable bonds is 12. The summed E-state index contributed by atoms with van der Waals surface area (Å²) in [4.78, 5) is 26.0. The fourth-order valence-corrected chi connectivity index (χ4v) is 5.94. The van der Waals surface area contributed by atoms with Crippen molar-refractivity contribution in [1.82, 2.24) is 10.6 Å². The van der Waals surface area contributed by atoms with E-state index in [0.717, 1.165) is 27.8 Å². The zero-order valence-electron chi connectivity index (χ0n) is 26.3. The van der Waals surface area contributed by atoms with Crippen LogP contribution in [-0.2, 0) is 16.1 Å². The second kappa shape index (κ2) is 14.6. The number of amides is 2. The number of ether oxygens (including phenoxy) is 4. The number of hydrogen-bond donors (Lipinski definition) is 2. The van der Waals surface area contributed by atoms with E-state index < -0.39 is 12.1 Å². The van der Waals surface area contributed by atoms with Crippen molar-refractivity contribution in [2.45, 2.75) is 18.5 Å². The Labute approximate surface area is 274 Å². The lowest BCUT2D eigenvalue weighted by Crippen LogP contribution is -2.31. The third kappa shape index (κ3) is 7.23. The topological polar surface area (TPSA) is 95.1 Å². The van der Waals surface area contributed by atoms with Gasteiger partial charge in [0.1, 0.15) is 23.9 Å². The van der Waals surface area contributed by atoms with E-state index >= 15 is 0 Å². The molecule has 6 rings (SSSR count). The molecule has 0 fully saturated rings. The summed E-state index contributed by atoms with van der Waals surface area (Å²) in [6.45, 7) is 0.423. The first-order valence-electron chi connectivity index (χ1n) is 15.4. The van der Waals surface area contributed by atoms with Gasteiger partial charge in [0.25, 0.3) is 5.91 Å². The molecule has 8 nitrogen and oxygen atoms in total. The Morgan fingerprint density at radius 3 is 2.13 bits per heavy atom. The highest BCUT2D eigenvalue weighted by atomic mass is 16.5. The largest absolute Gasteiger partial charge is 0.497 e. The van der Waals surface area contributed by atoms with Crippen LogP contribution in [0.15, 0.2) is 121 Å². The Morgan fingerprint density at radius 2 is 1.43 bits per heavy atom.